The number of nitrogens with zero attached hydrogens (tertiary/aromatic N) is 3. The zero-order valence-electron chi connectivity index (χ0n) is 17.5. The minimum atomic E-state index is -0.172. The molecule has 7 nitrogen and oxygen atoms in total. The Morgan fingerprint density at radius 3 is 2.75 bits per heavy atom. The van der Waals surface area contributed by atoms with E-state index in [1.165, 1.54) is 11.3 Å². The Balaban J connectivity index is 1.66. The molecule has 0 aliphatic carbocycles. The number of carbonyl (C=O) groups excluding carboxylic acids is 1. The maximum Gasteiger partial charge on any atom is 0.262 e. The van der Waals surface area contributed by atoms with Gasteiger partial charge in [0, 0.05) is 10.9 Å². The Bertz CT molecular complexity index is 1380. The smallest absolute Gasteiger partial charge is 0.262 e. The van der Waals surface area contributed by atoms with Crippen molar-refractivity contribution in [2.24, 2.45) is 10.1 Å². The highest BCUT2D eigenvalue weighted by molar-refractivity contribution is 7.07. The SMILES string of the molecule is Cc1cccc(C)c1N=c1scc(-c2ccc3c(c2)NC(=O)CO3)n1N=Cc1ccco1. The number of hydrogen-bond acceptors (Lipinski definition) is 6. The number of anilines is 1. The molecule has 1 N–H and O–H groups in total. The van der Waals surface area contributed by atoms with E-state index >= 15 is 0 Å². The van der Waals surface area contributed by atoms with E-state index in [0.29, 0.717) is 17.2 Å². The van der Waals surface area contributed by atoms with Crippen LogP contribution >= 0.6 is 11.3 Å². The first-order valence-electron chi connectivity index (χ1n) is 10.0. The van der Waals surface area contributed by atoms with Gasteiger partial charge in [0.25, 0.3) is 5.91 Å². The van der Waals surface area contributed by atoms with Crippen LogP contribution in [0.2, 0.25) is 0 Å². The maximum absolute atomic E-state index is 11.8. The van der Waals surface area contributed by atoms with Crippen LogP contribution in [0.4, 0.5) is 11.4 Å². The third kappa shape index (κ3) is 3.88. The zero-order valence-corrected chi connectivity index (χ0v) is 18.3. The summed E-state index contributed by atoms with van der Waals surface area (Å²) >= 11 is 1.49. The monoisotopic (exact) mass is 444 g/mol. The molecule has 0 saturated carbocycles. The molecule has 0 radical (unpaired) electrons. The average Bonchev–Trinajstić information content (AvgIpc) is 3.44. The van der Waals surface area contributed by atoms with Gasteiger partial charge in [0.1, 0.15) is 11.5 Å². The topological polar surface area (TPSA) is 81.1 Å². The van der Waals surface area contributed by atoms with Crippen molar-refractivity contribution in [1.29, 1.82) is 0 Å². The van der Waals surface area contributed by atoms with Gasteiger partial charge in [0.2, 0.25) is 4.80 Å². The lowest BCUT2D eigenvalue weighted by atomic mass is 10.1. The molecule has 2 aromatic carbocycles. The molecule has 1 aliphatic heterocycles. The standard InChI is InChI=1S/C24H20N4O3S/c1-15-5-3-6-16(2)23(15)27-24-28(25-12-18-7-4-10-30-18)20(14-32-24)17-8-9-21-19(11-17)26-22(29)13-31-21/h3-12,14H,13H2,1-2H3,(H,26,29). The third-order valence-corrected chi connectivity index (χ3v) is 5.90. The highest BCUT2D eigenvalue weighted by Gasteiger charge is 2.18. The molecule has 4 aromatic rings. The molecule has 0 fully saturated rings. The molecule has 1 amide bonds. The number of thiazole rings is 1. The lowest BCUT2D eigenvalue weighted by Gasteiger charge is -2.18. The molecule has 0 unspecified atom stereocenters. The number of hydrogen-bond donors (Lipinski definition) is 1. The highest BCUT2D eigenvalue weighted by Crippen LogP contribution is 2.33. The molecule has 8 heteroatoms. The number of ether oxygens (including phenoxy) is 1. The molecule has 1 aliphatic rings. The summed E-state index contributed by atoms with van der Waals surface area (Å²) < 4.78 is 12.7. The number of benzene rings is 2. The van der Waals surface area contributed by atoms with Crippen LogP contribution in [0.1, 0.15) is 16.9 Å². The molecule has 0 saturated heterocycles. The molecule has 0 atom stereocenters. The van der Waals surface area contributed by atoms with Gasteiger partial charge >= 0.3 is 0 Å². The summed E-state index contributed by atoms with van der Waals surface area (Å²) in [5, 5.41) is 9.52. The van der Waals surface area contributed by atoms with E-state index in [-0.39, 0.29) is 12.5 Å². The normalized spacial score (nSPS) is 13.8. The number of amides is 1. The summed E-state index contributed by atoms with van der Waals surface area (Å²) in [5.41, 5.74) is 5.47. The van der Waals surface area contributed by atoms with Crippen LogP contribution in [0.3, 0.4) is 0 Å². The van der Waals surface area contributed by atoms with E-state index in [1.54, 1.807) is 17.2 Å². The van der Waals surface area contributed by atoms with Crippen LogP contribution < -0.4 is 14.9 Å². The largest absolute Gasteiger partial charge is 0.482 e. The molecule has 32 heavy (non-hydrogen) atoms. The predicted octanol–water partition coefficient (Wildman–Crippen LogP) is 4.87. The number of aryl methyl sites for hydroxylation is 2. The lowest BCUT2D eigenvalue weighted by Crippen LogP contribution is -2.25. The van der Waals surface area contributed by atoms with Crippen LogP contribution in [0.25, 0.3) is 11.3 Å². The quantitative estimate of drug-likeness (QED) is 0.456. The number of rotatable bonds is 4. The van der Waals surface area contributed by atoms with Crippen LogP contribution in [-0.2, 0) is 4.79 Å². The summed E-state index contributed by atoms with van der Waals surface area (Å²) in [6, 6.07) is 15.4. The van der Waals surface area contributed by atoms with Gasteiger partial charge < -0.3 is 14.5 Å². The fourth-order valence-corrected chi connectivity index (χ4v) is 4.33. The number of furan rings is 1. The molecule has 160 valence electrons. The van der Waals surface area contributed by atoms with E-state index in [0.717, 1.165) is 32.9 Å². The van der Waals surface area contributed by atoms with E-state index in [1.807, 2.05) is 67.8 Å². The van der Waals surface area contributed by atoms with Crippen molar-refractivity contribution in [2.45, 2.75) is 13.8 Å². The van der Waals surface area contributed by atoms with Crippen LogP contribution in [0.5, 0.6) is 5.75 Å². The first-order chi connectivity index (χ1) is 15.6. The van der Waals surface area contributed by atoms with Crippen LogP contribution in [-0.4, -0.2) is 23.4 Å². The maximum atomic E-state index is 11.8. The second-order valence-corrected chi connectivity index (χ2v) is 8.21. The molecular weight excluding hydrogens is 424 g/mol. The Kier molecular flexibility index (Phi) is 5.20. The first-order valence-corrected chi connectivity index (χ1v) is 10.9. The minimum Gasteiger partial charge on any atom is -0.482 e. The molecule has 3 heterocycles. The molecule has 2 aromatic heterocycles. The summed E-state index contributed by atoms with van der Waals surface area (Å²) in [7, 11) is 0. The van der Waals surface area contributed by atoms with E-state index in [9.17, 15) is 4.79 Å². The Hall–Kier alpha value is -3.91. The van der Waals surface area contributed by atoms with Gasteiger partial charge in [0.05, 0.1) is 29.5 Å². The summed E-state index contributed by atoms with van der Waals surface area (Å²) in [6.07, 6.45) is 3.26. The summed E-state index contributed by atoms with van der Waals surface area (Å²) in [6.45, 7) is 4.11. The Morgan fingerprint density at radius 2 is 1.97 bits per heavy atom. The zero-order chi connectivity index (χ0) is 22.1. The molecular formula is C24H20N4O3S. The summed E-state index contributed by atoms with van der Waals surface area (Å²) in [5.74, 6) is 1.11. The molecule has 5 rings (SSSR count). The molecule has 0 spiro atoms. The first kappa shape index (κ1) is 20.0. The fraction of sp³-hybridized carbons (Fsp3) is 0.125. The fourth-order valence-electron chi connectivity index (χ4n) is 3.49. The number of carbonyl (C=O) groups is 1. The van der Waals surface area contributed by atoms with Gasteiger partial charge in [-0.3, -0.25) is 4.79 Å². The predicted molar refractivity (Wildman–Crippen MR) is 125 cm³/mol. The summed E-state index contributed by atoms with van der Waals surface area (Å²) in [4.78, 5) is 17.4. The van der Waals surface area contributed by atoms with E-state index in [4.69, 9.17) is 14.1 Å². The van der Waals surface area contributed by atoms with Crippen molar-refractivity contribution in [3.63, 3.8) is 0 Å². The second kappa shape index (κ2) is 8.32. The van der Waals surface area contributed by atoms with Gasteiger partial charge in [-0.1, -0.05) is 18.2 Å². The van der Waals surface area contributed by atoms with Gasteiger partial charge in [-0.2, -0.15) is 5.10 Å². The number of nitrogens with one attached hydrogen (secondary N) is 1. The van der Waals surface area contributed by atoms with E-state index < -0.39 is 0 Å². The van der Waals surface area contributed by atoms with Crippen molar-refractivity contribution in [3.05, 3.63) is 81.9 Å². The van der Waals surface area contributed by atoms with Crippen molar-refractivity contribution in [3.8, 4) is 17.0 Å². The van der Waals surface area contributed by atoms with Crippen LogP contribution in [0.15, 0.2) is 74.7 Å². The van der Waals surface area contributed by atoms with Crippen molar-refractivity contribution >= 4 is 34.8 Å². The minimum absolute atomic E-state index is 0.0248. The van der Waals surface area contributed by atoms with Gasteiger partial charge in [-0.25, -0.2) is 9.67 Å². The van der Waals surface area contributed by atoms with E-state index in [2.05, 4.69) is 10.4 Å². The van der Waals surface area contributed by atoms with Crippen molar-refractivity contribution < 1.29 is 13.9 Å². The lowest BCUT2D eigenvalue weighted by molar-refractivity contribution is -0.118. The van der Waals surface area contributed by atoms with Crippen molar-refractivity contribution in [2.75, 3.05) is 11.9 Å². The van der Waals surface area contributed by atoms with Crippen LogP contribution in [0, 0.1) is 13.8 Å². The third-order valence-electron chi connectivity index (χ3n) is 5.08. The van der Waals surface area contributed by atoms with Gasteiger partial charge in [-0.15, -0.1) is 11.3 Å². The number of para-hydroxylation sites is 1. The number of fused-ring (bicyclic) bond motifs is 1. The number of aromatic nitrogens is 1. The van der Waals surface area contributed by atoms with Gasteiger partial charge in [0.15, 0.2) is 6.61 Å². The highest BCUT2D eigenvalue weighted by atomic mass is 32.1. The molecule has 0 bridgehead atoms. The average molecular weight is 445 g/mol. The van der Waals surface area contributed by atoms with Gasteiger partial charge in [-0.05, 0) is 55.3 Å². The Labute approximate surface area is 188 Å². The Morgan fingerprint density at radius 1 is 1.12 bits per heavy atom. The van der Waals surface area contributed by atoms with Crippen molar-refractivity contribution in [1.82, 2.24) is 4.68 Å². The second-order valence-electron chi connectivity index (χ2n) is 7.38.